The minimum Gasteiger partial charge on any atom is -0.406 e. The van der Waals surface area contributed by atoms with Crippen molar-refractivity contribution < 1.29 is 8.63 Å². The fourth-order valence-electron chi connectivity index (χ4n) is 1.59. The Hall–Kier alpha value is -0.950. The molecular weight excluding hydrogens is 228 g/mol. The van der Waals surface area contributed by atoms with Gasteiger partial charge in [-0.2, -0.15) is 0 Å². The predicted molar refractivity (Wildman–Crippen MR) is 61.4 cm³/mol. The van der Waals surface area contributed by atoms with Crippen molar-refractivity contribution in [2.24, 2.45) is 5.73 Å². The minimum absolute atomic E-state index is 0.248. The highest BCUT2D eigenvalue weighted by atomic mass is 32.2. The molecule has 0 aliphatic carbocycles. The highest BCUT2D eigenvalue weighted by molar-refractivity contribution is 7.85. The lowest BCUT2D eigenvalue weighted by atomic mass is 10.2. The summed E-state index contributed by atoms with van der Waals surface area (Å²) in [5, 5.41) is 10.8. The molecule has 0 radical (unpaired) electrons. The number of nitrogens with zero attached hydrogens (tertiary/aromatic N) is 2. The van der Waals surface area contributed by atoms with Gasteiger partial charge < -0.3 is 15.5 Å². The molecule has 0 bridgehead atoms. The average Bonchev–Trinajstić information content (AvgIpc) is 2.70. The Labute approximate surface area is 96.4 Å². The first-order valence-corrected chi connectivity index (χ1v) is 6.84. The van der Waals surface area contributed by atoms with Crippen LogP contribution in [0.4, 0.5) is 6.01 Å². The monoisotopic (exact) mass is 244 g/mol. The number of aromatic nitrogens is 2. The van der Waals surface area contributed by atoms with E-state index in [9.17, 15) is 4.21 Å². The second-order valence-electron chi connectivity index (χ2n) is 4.00. The Morgan fingerprint density at radius 3 is 2.75 bits per heavy atom. The van der Waals surface area contributed by atoms with Crippen LogP contribution >= 0.6 is 0 Å². The second kappa shape index (κ2) is 4.92. The smallest absolute Gasteiger partial charge is 0.315 e. The third-order valence-electron chi connectivity index (χ3n) is 2.55. The number of nitrogens with one attached hydrogen (secondary N) is 1. The molecule has 0 aromatic carbocycles. The SMILES string of the molecule is CC(N)c1nnc(NC2CCS(=O)CC2)o1. The van der Waals surface area contributed by atoms with E-state index in [1.54, 1.807) is 6.92 Å². The largest absolute Gasteiger partial charge is 0.406 e. The third-order valence-corrected chi connectivity index (χ3v) is 3.93. The molecule has 1 fully saturated rings. The van der Waals surface area contributed by atoms with E-state index in [4.69, 9.17) is 10.2 Å². The third kappa shape index (κ3) is 2.79. The van der Waals surface area contributed by atoms with Crippen LogP contribution < -0.4 is 11.1 Å². The van der Waals surface area contributed by atoms with E-state index in [1.807, 2.05) is 0 Å². The lowest BCUT2D eigenvalue weighted by Crippen LogP contribution is -2.29. The van der Waals surface area contributed by atoms with Gasteiger partial charge in [0.25, 0.3) is 0 Å². The molecule has 6 nitrogen and oxygen atoms in total. The van der Waals surface area contributed by atoms with Gasteiger partial charge in [0.15, 0.2) is 0 Å². The maximum absolute atomic E-state index is 11.2. The Kier molecular flexibility index (Phi) is 3.55. The van der Waals surface area contributed by atoms with Gasteiger partial charge in [-0.1, -0.05) is 5.10 Å². The maximum atomic E-state index is 11.2. The molecule has 1 saturated heterocycles. The minimum atomic E-state index is -0.648. The van der Waals surface area contributed by atoms with Gasteiger partial charge in [-0.25, -0.2) is 0 Å². The first-order valence-electron chi connectivity index (χ1n) is 5.35. The molecule has 0 amide bonds. The Balaban J connectivity index is 1.91. The molecule has 1 aliphatic heterocycles. The van der Waals surface area contributed by atoms with E-state index in [-0.39, 0.29) is 12.1 Å². The molecule has 16 heavy (non-hydrogen) atoms. The van der Waals surface area contributed by atoms with E-state index >= 15 is 0 Å². The zero-order chi connectivity index (χ0) is 11.5. The van der Waals surface area contributed by atoms with Gasteiger partial charge in [0.1, 0.15) is 0 Å². The quantitative estimate of drug-likeness (QED) is 0.800. The maximum Gasteiger partial charge on any atom is 0.315 e. The molecule has 1 unspecified atom stereocenters. The molecule has 1 atom stereocenters. The first kappa shape index (κ1) is 11.5. The fraction of sp³-hybridized carbons (Fsp3) is 0.778. The van der Waals surface area contributed by atoms with Gasteiger partial charge >= 0.3 is 6.01 Å². The molecule has 1 aromatic heterocycles. The Morgan fingerprint density at radius 1 is 1.50 bits per heavy atom. The van der Waals surface area contributed by atoms with Crippen molar-refractivity contribution in [2.75, 3.05) is 16.8 Å². The van der Waals surface area contributed by atoms with Crippen molar-refractivity contribution >= 4 is 16.8 Å². The lowest BCUT2D eigenvalue weighted by molar-refractivity contribution is 0.465. The highest BCUT2D eigenvalue weighted by Crippen LogP contribution is 2.16. The van der Waals surface area contributed by atoms with E-state index in [0.717, 1.165) is 24.3 Å². The summed E-state index contributed by atoms with van der Waals surface area (Å²) in [5.41, 5.74) is 5.61. The predicted octanol–water partition coefficient (Wildman–Crippen LogP) is 0.412. The summed E-state index contributed by atoms with van der Waals surface area (Å²) in [4.78, 5) is 0. The van der Waals surface area contributed by atoms with Crippen LogP contribution in [0.1, 0.15) is 31.7 Å². The summed E-state index contributed by atoms with van der Waals surface area (Å²) in [7, 11) is -0.648. The molecular formula is C9H16N4O2S. The fourth-order valence-corrected chi connectivity index (χ4v) is 2.89. The molecule has 0 spiro atoms. The molecule has 90 valence electrons. The number of nitrogens with two attached hydrogens (primary N) is 1. The number of anilines is 1. The molecule has 2 heterocycles. The number of hydrogen-bond acceptors (Lipinski definition) is 6. The van der Waals surface area contributed by atoms with Crippen LogP contribution in [0.2, 0.25) is 0 Å². The van der Waals surface area contributed by atoms with E-state index in [2.05, 4.69) is 15.5 Å². The first-order chi connectivity index (χ1) is 7.65. The summed E-state index contributed by atoms with van der Waals surface area (Å²) >= 11 is 0. The Bertz CT molecular complexity index is 369. The molecule has 7 heteroatoms. The van der Waals surface area contributed by atoms with Gasteiger partial charge in [0.05, 0.1) is 6.04 Å². The zero-order valence-corrected chi connectivity index (χ0v) is 10.00. The van der Waals surface area contributed by atoms with Crippen molar-refractivity contribution in [3.63, 3.8) is 0 Å². The number of hydrogen-bond donors (Lipinski definition) is 2. The van der Waals surface area contributed by atoms with Crippen LogP contribution in [0.5, 0.6) is 0 Å². The summed E-state index contributed by atoms with van der Waals surface area (Å²) < 4.78 is 16.5. The van der Waals surface area contributed by atoms with Crippen molar-refractivity contribution in [2.45, 2.75) is 31.8 Å². The normalized spacial score (nSPS) is 27.6. The summed E-state index contributed by atoms with van der Waals surface area (Å²) in [5.74, 6) is 1.92. The highest BCUT2D eigenvalue weighted by Gasteiger charge is 2.19. The summed E-state index contributed by atoms with van der Waals surface area (Å²) in [6.07, 6.45) is 1.75. The molecule has 1 aromatic rings. The zero-order valence-electron chi connectivity index (χ0n) is 9.18. The van der Waals surface area contributed by atoms with E-state index in [1.165, 1.54) is 0 Å². The van der Waals surface area contributed by atoms with Crippen LogP contribution in [-0.4, -0.2) is 32.0 Å². The van der Waals surface area contributed by atoms with Gasteiger partial charge in [-0.15, -0.1) is 5.10 Å². The van der Waals surface area contributed by atoms with Crippen LogP contribution in [-0.2, 0) is 10.8 Å². The van der Waals surface area contributed by atoms with Crippen LogP contribution in [0.25, 0.3) is 0 Å². The van der Waals surface area contributed by atoms with Gasteiger partial charge in [-0.3, -0.25) is 4.21 Å². The summed E-state index contributed by atoms with van der Waals surface area (Å²) in [6, 6.07) is 0.436. The molecule has 3 N–H and O–H groups in total. The van der Waals surface area contributed by atoms with Crippen molar-refractivity contribution in [3.8, 4) is 0 Å². The van der Waals surface area contributed by atoms with Gasteiger partial charge in [-0.05, 0) is 19.8 Å². The standard InChI is InChI=1S/C9H16N4O2S/c1-6(10)8-12-13-9(15-8)11-7-2-4-16(14)5-3-7/h6-7H,2-5,10H2,1H3,(H,11,13). The van der Waals surface area contributed by atoms with Crippen LogP contribution in [0.3, 0.4) is 0 Å². The Morgan fingerprint density at radius 2 is 2.19 bits per heavy atom. The van der Waals surface area contributed by atoms with Crippen molar-refractivity contribution in [1.82, 2.24) is 10.2 Å². The van der Waals surface area contributed by atoms with E-state index < -0.39 is 10.8 Å². The van der Waals surface area contributed by atoms with Crippen LogP contribution in [0, 0.1) is 0 Å². The molecule has 1 aliphatic rings. The second-order valence-corrected chi connectivity index (χ2v) is 5.70. The number of rotatable bonds is 3. The van der Waals surface area contributed by atoms with Crippen LogP contribution in [0.15, 0.2) is 4.42 Å². The average molecular weight is 244 g/mol. The van der Waals surface area contributed by atoms with Gasteiger partial charge in [0.2, 0.25) is 5.89 Å². The summed E-state index contributed by atoms with van der Waals surface area (Å²) in [6.45, 7) is 1.79. The molecule has 2 rings (SSSR count). The van der Waals surface area contributed by atoms with Crippen molar-refractivity contribution in [3.05, 3.63) is 5.89 Å². The molecule has 0 saturated carbocycles. The van der Waals surface area contributed by atoms with Crippen molar-refractivity contribution in [1.29, 1.82) is 0 Å². The van der Waals surface area contributed by atoms with E-state index in [0.29, 0.717) is 11.9 Å². The van der Waals surface area contributed by atoms with Gasteiger partial charge in [0, 0.05) is 28.3 Å². The lowest BCUT2D eigenvalue weighted by Gasteiger charge is -2.21. The topological polar surface area (TPSA) is 94.0 Å².